The Morgan fingerprint density at radius 1 is 1.24 bits per heavy atom. The number of nitrogens with one attached hydrogen (secondary N) is 2. The molecule has 2 bridgehead atoms. The number of hydrogen-bond acceptors (Lipinski definition) is 5. The summed E-state index contributed by atoms with van der Waals surface area (Å²) >= 11 is 0. The van der Waals surface area contributed by atoms with E-state index in [4.69, 9.17) is 4.74 Å². The summed E-state index contributed by atoms with van der Waals surface area (Å²) in [7, 11) is 0. The van der Waals surface area contributed by atoms with Gasteiger partial charge in [0, 0.05) is 49.9 Å². The molecule has 2 saturated heterocycles. The number of aromatic nitrogens is 3. The second kappa shape index (κ2) is 6.79. The predicted octanol–water partition coefficient (Wildman–Crippen LogP) is 1.34. The van der Waals surface area contributed by atoms with Crippen molar-refractivity contribution in [1.29, 1.82) is 0 Å². The minimum Gasteiger partial charge on any atom is -0.368 e. The van der Waals surface area contributed by atoms with E-state index in [1.165, 1.54) is 23.4 Å². The number of ether oxygens (including phenoxy) is 1. The number of pyridine rings is 1. The highest BCUT2D eigenvalue weighted by Gasteiger charge is 2.42. The summed E-state index contributed by atoms with van der Waals surface area (Å²) in [6, 6.07) is 4.29. The smallest absolute Gasteiger partial charge is 0.255 e. The van der Waals surface area contributed by atoms with Crippen LogP contribution in [0.25, 0.3) is 0 Å². The standard InChI is InChI=1S/C22H29N5O2/c28-21-17(1-2-19-18-9-15(10-23-11-18)13-27(19)21)14-26-6-4-22(5-7-26)20-16(3-8-29-22)12-24-25-20/h1-2,12,15,18,23H,3-11,13-14H2,(H,24,25)/t15-,18+/m0/s1. The summed E-state index contributed by atoms with van der Waals surface area (Å²) in [6.07, 6.45) is 6.01. The molecule has 7 heteroatoms. The van der Waals surface area contributed by atoms with Crippen molar-refractivity contribution in [1.82, 2.24) is 25.0 Å². The summed E-state index contributed by atoms with van der Waals surface area (Å²) in [5.74, 6) is 1.09. The molecular weight excluding hydrogens is 366 g/mol. The molecule has 6 rings (SSSR count). The van der Waals surface area contributed by atoms with E-state index in [0.29, 0.717) is 11.8 Å². The average Bonchev–Trinajstić information content (AvgIpc) is 3.23. The molecule has 2 aromatic rings. The Balaban J connectivity index is 1.19. The van der Waals surface area contributed by atoms with Gasteiger partial charge in [0.1, 0.15) is 5.60 Å². The first-order valence-corrected chi connectivity index (χ1v) is 11.0. The lowest BCUT2D eigenvalue weighted by Gasteiger charge is -2.43. The molecule has 6 heterocycles. The Hall–Kier alpha value is -1.96. The number of likely N-dealkylation sites (tertiary alicyclic amines) is 1. The molecule has 7 nitrogen and oxygen atoms in total. The maximum atomic E-state index is 13.2. The normalized spacial score (nSPS) is 28.1. The molecule has 2 fully saturated rings. The Morgan fingerprint density at radius 3 is 3.03 bits per heavy atom. The molecule has 154 valence electrons. The van der Waals surface area contributed by atoms with E-state index in [0.717, 1.165) is 70.7 Å². The van der Waals surface area contributed by atoms with Gasteiger partial charge < -0.3 is 14.6 Å². The number of nitrogens with zero attached hydrogens (tertiary/aromatic N) is 3. The maximum absolute atomic E-state index is 13.2. The van der Waals surface area contributed by atoms with Crippen LogP contribution in [0.15, 0.2) is 23.1 Å². The van der Waals surface area contributed by atoms with Crippen LogP contribution in [-0.2, 0) is 29.8 Å². The highest BCUT2D eigenvalue weighted by atomic mass is 16.5. The van der Waals surface area contributed by atoms with Crippen molar-refractivity contribution in [3.8, 4) is 0 Å². The van der Waals surface area contributed by atoms with E-state index in [1.54, 1.807) is 0 Å². The van der Waals surface area contributed by atoms with Crippen LogP contribution in [-0.4, -0.2) is 52.5 Å². The van der Waals surface area contributed by atoms with E-state index in [9.17, 15) is 4.79 Å². The van der Waals surface area contributed by atoms with Crippen LogP contribution in [0, 0.1) is 5.92 Å². The molecule has 0 aliphatic carbocycles. The molecule has 0 amide bonds. The van der Waals surface area contributed by atoms with Crippen molar-refractivity contribution >= 4 is 0 Å². The number of fused-ring (bicyclic) bond motifs is 6. The van der Waals surface area contributed by atoms with Crippen LogP contribution < -0.4 is 10.9 Å². The summed E-state index contributed by atoms with van der Waals surface area (Å²) in [5, 5.41) is 11.0. The predicted molar refractivity (Wildman–Crippen MR) is 109 cm³/mol. The largest absolute Gasteiger partial charge is 0.368 e. The molecule has 2 aromatic heterocycles. The average molecular weight is 396 g/mol. The van der Waals surface area contributed by atoms with Crippen molar-refractivity contribution in [2.45, 2.75) is 50.3 Å². The van der Waals surface area contributed by atoms with Crippen LogP contribution in [0.2, 0.25) is 0 Å². The van der Waals surface area contributed by atoms with Gasteiger partial charge in [-0.1, -0.05) is 6.07 Å². The van der Waals surface area contributed by atoms with Crippen molar-refractivity contribution in [3.05, 3.63) is 51.2 Å². The van der Waals surface area contributed by atoms with Gasteiger partial charge in [-0.15, -0.1) is 0 Å². The third kappa shape index (κ3) is 2.90. The monoisotopic (exact) mass is 395 g/mol. The fourth-order valence-corrected chi connectivity index (χ4v) is 5.99. The van der Waals surface area contributed by atoms with Gasteiger partial charge in [-0.3, -0.25) is 14.8 Å². The van der Waals surface area contributed by atoms with Gasteiger partial charge >= 0.3 is 0 Å². The molecule has 4 aliphatic heterocycles. The van der Waals surface area contributed by atoms with E-state index in [2.05, 4.69) is 37.1 Å². The van der Waals surface area contributed by atoms with Gasteiger partial charge in [0.15, 0.2) is 0 Å². The third-order valence-corrected chi connectivity index (χ3v) is 7.57. The van der Waals surface area contributed by atoms with E-state index >= 15 is 0 Å². The Labute approximate surface area is 170 Å². The van der Waals surface area contributed by atoms with Gasteiger partial charge in [0.2, 0.25) is 0 Å². The summed E-state index contributed by atoms with van der Waals surface area (Å²) < 4.78 is 8.33. The molecule has 4 aliphatic rings. The van der Waals surface area contributed by atoms with Gasteiger partial charge in [-0.2, -0.15) is 5.10 Å². The van der Waals surface area contributed by atoms with Crippen molar-refractivity contribution < 1.29 is 4.74 Å². The number of rotatable bonds is 2. The zero-order chi connectivity index (χ0) is 19.4. The summed E-state index contributed by atoms with van der Waals surface area (Å²) in [5.41, 5.74) is 4.65. The van der Waals surface area contributed by atoms with Gasteiger partial charge in [-0.25, -0.2) is 0 Å². The molecule has 0 saturated carbocycles. The first-order chi connectivity index (χ1) is 14.2. The second-order valence-electron chi connectivity index (χ2n) is 9.30. The quantitative estimate of drug-likeness (QED) is 0.803. The second-order valence-corrected chi connectivity index (χ2v) is 9.30. The zero-order valence-corrected chi connectivity index (χ0v) is 16.8. The fraction of sp³-hybridized carbons (Fsp3) is 0.636. The van der Waals surface area contributed by atoms with E-state index in [-0.39, 0.29) is 11.2 Å². The number of piperidine rings is 2. The Morgan fingerprint density at radius 2 is 2.14 bits per heavy atom. The van der Waals surface area contributed by atoms with Gasteiger partial charge in [0.05, 0.1) is 18.5 Å². The summed E-state index contributed by atoms with van der Waals surface area (Å²) in [4.78, 5) is 15.6. The van der Waals surface area contributed by atoms with Crippen LogP contribution >= 0.6 is 0 Å². The minimum atomic E-state index is -0.212. The Bertz CT molecular complexity index is 972. The summed E-state index contributed by atoms with van der Waals surface area (Å²) in [6.45, 7) is 6.29. The van der Waals surface area contributed by atoms with Crippen LogP contribution in [0.4, 0.5) is 0 Å². The zero-order valence-electron chi connectivity index (χ0n) is 16.8. The van der Waals surface area contributed by atoms with Crippen molar-refractivity contribution in [2.75, 3.05) is 32.8 Å². The number of aromatic amines is 1. The molecule has 2 N–H and O–H groups in total. The highest BCUT2D eigenvalue weighted by Crippen LogP contribution is 2.40. The van der Waals surface area contributed by atoms with Gasteiger partial charge in [0.25, 0.3) is 5.56 Å². The molecular formula is C22H29N5O2. The number of hydrogen-bond donors (Lipinski definition) is 2. The van der Waals surface area contributed by atoms with Crippen molar-refractivity contribution in [3.63, 3.8) is 0 Å². The first kappa shape index (κ1) is 17.9. The SMILES string of the molecule is O=c1c(CN2CCC3(CC2)OCCc2cn[nH]c23)ccc2n1C[C@@H]1CNC[C@H]2C1. The molecule has 1 spiro atoms. The molecule has 0 unspecified atom stereocenters. The molecule has 29 heavy (non-hydrogen) atoms. The maximum Gasteiger partial charge on any atom is 0.255 e. The lowest BCUT2D eigenvalue weighted by Crippen LogP contribution is -2.48. The lowest BCUT2D eigenvalue weighted by molar-refractivity contribution is -0.102. The molecule has 2 atom stereocenters. The number of H-pyrrole nitrogens is 1. The van der Waals surface area contributed by atoms with E-state index < -0.39 is 0 Å². The highest BCUT2D eigenvalue weighted by molar-refractivity contribution is 5.27. The van der Waals surface area contributed by atoms with Crippen molar-refractivity contribution in [2.24, 2.45) is 5.92 Å². The van der Waals surface area contributed by atoms with Crippen LogP contribution in [0.1, 0.15) is 47.7 Å². The minimum absolute atomic E-state index is 0.212. The van der Waals surface area contributed by atoms with Crippen LogP contribution in [0.3, 0.4) is 0 Å². The molecule has 0 radical (unpaired) electrons. The Kier molecular flexibility index (Phi) is 4.18. The third-order valence-electron chi connectivity index (χ3n) is 7.57. The van der Waals surface area contributed by atoms with E-state index in [1.807, 2.05) is 6.20 Å². The fourth-order valence-electron chi connectivity index (χ4n) is 5.99. The van der Waals surface area contributed by atoms with Gasteiger partial charge in [-0.05, 0) is 49.8 Å². The first-order valence-electron chi connectivity index (χ1n) is 11.0. The lowest BCUT2D eigenvalue weighted by atomic mass is 9.83. The van der Waals surface area contributed by atoms with Crippen LogP contribution in [0.5, 0.6) is 0 Å². The topological polar surface area (TPSA) is 75.2 Å². The molecule has 0 aromatic carbocycles.